The first-order valence-electron chi connectivity index (χ1n) is 9.64. The van der Waals surface area contributed by atoms with Crippen LogP contribution in [0.4, 0.5) is 18.0 Å². The maximum Gasteiger partial charge on any atom is 0.440 e. The Hall–Kier alpha value is -2.65. The van der Waals surface area contributed by atoms with E-state index in [0.29, 0.717) is 22.8 Å². The molecule has 1 unspecified atom stereocenters. The summed E-state index contributed by atoms with van der Waals surface area (Å²) in [4.78, 5) is 41.3. The molecule has 29 heavy (non-hydrogen) atoms. The van der Waals surface area contributed by atoms with Gasteiger partial charge in [-0.25, -0.2) is 4.79 Å². The van der Waals surface area contributed by atoms with Crippen LogP contribution >= 0.6 is 0 Å². The minimum absolute atomic E-state index is 0.131. The zero-order valence-corrected chi connectivity index (χ0v) is 15.8. The van der Waals surface area contributed by atoms with E-state index in [-0.39, 0.29) is 13.0 Å². The van der Waals surface area contributed by atoms with Crippen LogP contribution in [0.3, 0.4) is 0 Å². The van der Waals surface area contributed by atoms with Crippen LogP contribution in [-0.4, -0.2) is 39.6 Å². The molecule has 1 saturated heterocycles. The fourth-order valence-corrected chi connectivity index (χ4v) is 3.82. The molecule has 2 fully saturated rings. The lowest BCUT2D eigenvalue weighted by atomic mass is 9.86. The summed E-state index contributed by atoms with van der Waals surface area (Å²) < 4.78 is 41.5. The van der Waals surface area contributed by atoms with Gasteiger partial charge in [0.1, 0.15) is 0 Å². The molecule has 7 nitrogen and oxygen atoms in total. The van der Waals surface area contributed by atoms with Gasteiger partial charge in [-0.05, 0) is 24.0 Å². The third kappa shape index (κ3) is 4.51. The maximum absolute atomic E-state index is 13.8. The summed E-state index contributed by atoms with van der Waals surface area (Å²) in [6.45, 7) is -0.381. The van der Waals surface area contributed by atoms with Gasteiger partial charge in [-0.2, -0.15) is 13.2 Å². The zero-order chi connectivity index (χ0) is 21.1. The molecule has 10 heteroatoms. The standard InChI is InChI=1S/C19H23F3N4O3/c20-19(21,22)18(24-15(27)9-8-13-5-2-1-3-6-13)16(28)26(17(29)25-18)12-14-7-4-10-23-11-14/h4,7,10-11,13H,1-3,5-6,8-9,12H2,(H,24,27)(H,25,29). The molecule has 2 aliphatic rings. The highest BCUT2D eigenvalue weighted by Gasteiger charge is 2.68. The Morgan fingerprint density at radius 2 is 2.00 bits per heavy atom. The first-order valence-corrected chi connectivity index (χ1v) is 9.64. The Morgan fingerprint density at radius 3 is 2.62 bits per heavy atom. The van der Waals surface area contributed by atoms with E-state index in [4.69, 9.17) is 0 Å². The number of halogens is 3. The Morgan fingerprint density at radius 1 is 1.28 bits per heavy atom. The highest BCUT2D eigenvalue weighted by molar-refractivity contribution is 6.08. The number of pyridine rings is 1. The molecule has 1 aromatic heterocycles. The number of alkyl halides is 3. The number of urea groups is 1. The van der Waals surface area contributed by atoms with Gasteiger partial charge in [0.25, 0.3) is 11.6 Å². The molecule has 2 heterocycles. The van der Waals surface area contributed by atoms with E-state index in [1.807, 2.05) is 0 Å². The molecule has 0 bridgehead atoms. The maximum atomic E-state index is 13.8. The Balaban J connectivity index is 1.72. The summed E-state index contributed by atoms with van der Waals surface area (Å²) >= 11 is 0. The molecule has 1 aliphatic carbocycles. The van der Waals surface area contributed by atoms with Gasteiger partial charge in [-0.15, -0.1) is 0 Å². The van der Waals surface area contributed by atoms with Crippen LogP contribution in [0, 0.1) is 5.92 Å². The lowest BCUT2D eigenvalue weighted by Gasteiger charge is -2.30. The molecule has 3 rings (SSSR count). The van der Waals surface area contributed by atoms with Crippen molar-refractivity contribution in [3.8, 4) is 0 Å². The number of amides is 4. The van der Waals surface area contributed by atoms with E-state index >= 15 is 0 Å². The smallest absolute Gasteiger partial charge is 0.318 e. The van der Waals surface area contributed by atoms with Gasteiger partial charge in [-0.1, -0.05) is 38.2 Å². The quantitative estimate of drug-likeness (QED) is 0.703. The number of nitrogens with zero attached hydrogens (tertiary/aromatic N) is 2. The van der Waals surface area contributed by atoms with Crippen molar-refractivity contribution in [3.63, 3.8) is 0 Å². The molecule has 0 radical (unpaired) electrons. The lowest BCUT2D eigenvalue weighted by molar-refractivity contribution is -0.204. The molecular weight excluding hydrogens is 389 g/mol. The van der Waals surface area contributed by atoms with Crippen LogP contribution in [0.25, 0.3) is 0 Å². The van der Waals surface area contributed by atoms with Gasteiger partial charge in [0.2, 0.25) is 5.91 Å². The molecule has 1 atom stereocenters. The topological polar surface area (TPSA) is 91.4 Å². The van der Waals surface area contributed by atoms with Crippen molar-refractivity contribution < 1.29 is 27.6 Å². The third-order valence-electron chi connectivity index (χ3n) is 5.43. The lowest BCUT2D eigenvalue weighted by Crippen LogP contribution is -2.69. The van der Waals surface area contributed by atoms with Crippen molar-refractivity contribution in [3.05, 3.63) is 30.1 Å². The van der Waals surface area contributed by atoms with E-state index in [1.165, 1.54) is 24.5 Å². The van der Waals surface area contributed by atoms with Crippen molar-refractivity contribution in [2.45, 2.75) is 63.3 Å². The number of imide groups is 1. The van der Waals surface area contributed by atoms with E-state index in [0.717, 1.165) is 32.1 Å². The van der Waals surface area contributed by atoms with Crippen LogP contribution in [-0.2, 0) is 16.1 Å². The monoisotopic (exact) mass is 412 g/mol. The van der Waals surface area contributed by atoms with Crippen LogP contribution < -0.4 is 10.6 Å². The minimum Gasteiger partial charge on any atom is -0.318 e. The molecule has 2 N–H and O–H groups in total. The minimum atomic E-state index is -5.19. The normalized spacial score (nSPS) is 23.2. The van der Waals surface area contributed by atoms with E-state index in [1.54, 1.807) is 10.6 Å². The molecule has 1 aliphatic heterocycles. The average molecular weight is 412 g/mol. The zero-order valence-electron chi connectivity index (χ0n) is 15.8. The molecule has 0 spiro atoms. The number of carbonyl (C=O) groups excluding carboxylic acids is 3. The summed E-state index contributed by atoms with van der Waals surface area (Å²) in [5, 5.41) is 3.42. The number of rotatable bonds is 6. The van der Waals surface area contributed by atoms with Gasteiger partial charge in [-0.3, -0.25) is 24.8 Å². The fraction of sp³-hybridized carbons (Fsp3) is 0.579. The predicted octanol–water partition coefficient (Wildman–Crippen LogP) is 2.87. The predicted molar refractivity (Wildman–Crippen MR) is 96.1 cm³/mol. The van der Waals surface area contributed by atoms with Crippen molar-refractivity contribution in [1.29, 1.82) is 0 Å². The second-order valence-electron chi connectivity index (χ2n) is 7.52. The average Bonchev–Trinajstić information content (AvgIpc) is 2.93. The van der Waals surface area contributed by atoms with Crippen molar-refractivity contribution in [1.82, 2.24) is 20.5 Å². The number of aromatic nitrogens is 1. The summed E-state index contributed by atoms with van der Waals surface area (Å²) in [6.07, 6.45) is 3.08. The summed E-state index contributed by atoms with van der Waals surface area (Å²) in [5.74, 6) is -2.16. The number of hydrogen-bond donors (Lipinski definition) is 2. The van der Waals surface area contributed by atoms with E-state index in [2.05, 4.69) is 4.98 Å². The Kier molecular flexibility index (Phi) is 6.09. The highest BCUT2D eigenvalue weighted by Crippen LogP contribution is 2.35. The van der Waals surface area contributed by atoms with Gasteiger partial charge in [0.15, 0.2) is 0 Å². The third-order valence-corrected chi connectivity index (χ3v) is 5.43. The van der Waals surface area contributed by atoms with Crippen molar-refractivity contribution in [2.75, 3.05) is 0 Å². The molecule has 0 aromatic carbocycles. The Labute approximate surface area is 166 Å². The number of nitrogens with one attached hydrogen (secondary N) is 2. The van der Waals surface area contributed by atoms with Gasteiger partial charge in [0, 0.05) is 18.8 Å². The van der Waals surface area contributed by atoms with Crippen molar-refractivity contribution >= 4 is 17.8 Å². The van der Waals surface area contributed by atoms with Crippen LogP contribution in [0.1, 0.15) is 50.5 Å². The van der Waals surface area contributed by atoms with E-state index < -0.39 is 29.7 Å². The summed E-state index contributed by atoms with van der Waals surface area (Å²) in [5.41, 5.74) is -3.06. The first kappa shape index (κ1) is 21.1. The summed E-state index contributed by atoms with van der Waals surface area (Å²) in [6, 6.07) is 1.85. The Bertz CT molecular complexity index is 766. The fourth-order valence-electron chi connectivity index (χ4n) is 3.82. The second kappa shape index (κ2) is 8.38. The largest absolute Gasteiger partial charge is 0.440 e. The van der Waals surface area contributed by atoms with Crippen LogP contribution in [0.5, 0.6) is 0 Å². The molecule has 158 valence electrons. The van der Waals surface area contributed by atoms with Crippen LogP contribution in [0.2, 0.25) is 0 Å². The first-order chi connectivity index (χ1) is 13.7. The molecule has 1 aromatic rings. The summed E-state index contributed by atoms with van der Waals surface area (Å²) in [7, 11) is 0. The van der Waals surface area contributed by atoms with Gasteiger partial charge in [0.05, 0.1) is 6.54 Å². The van der Waals surface area contributed by atoms with Crippen molar-refractivity contribution in [2.24, 2.45) is 5.92 Å². The molecule has 1 saturated carbocycles. The highest BCUT2D eigenvalue weighted by atomic mass is 19.4. The van der Waals surface area contributed by atoms with Gasteiger partial charge >= 0.3 is 12.2 Å². The van der Waals surface area contributed by atoms with Gasteiger partial charge < -0.3 is 5.32 Å². The molecule has 4 amide bonds. The second-order valence-corrected chi connectivity index (χ2v) is 7.52. The molecular formula is C19H23F3N4O3. The SMILES string of the molecule is O=C(CCC1CCCCC1)NC1(C(F)(F)F)NC(=O)N(Cc2cccnc2)C1=O. The van der Waals surface area contributed by atoms with Crippen LogP contribution in [0.15, 0.2) is 24.5 Å². The van der Waals surface area contributed by atoms with E-state index in [9.17, 15) is 27.6 Å². The number of carbonyl (C=O) groups is 3. The number of hydrogen-bond acceptors (Lipinski definition) is 4.